The number of rotatable bonds is 11. The van der Waals surface area contributed by atoms with Gasteiger partial charge in [-0.05, 0) is 52.7 Å². The van der Waals surface area contributed by atoms with Gasteiger partial charge in [0.2, 0.25) is 6.29 Å². The smallest absolute Gasteiger partial charge is 0.287 e. The van der Waals surface area contributed by atoms with E-state index in [1.807, 2.05) is 32.9 Å². The van der Waals surface area contributed by atoms with Crippen molar-refractivity contribution in [3.63, 3.8) is 0 Å². The third-order valence-corrected chi connectivity index (χ3v) is 5.49. The van der Waals surface area contributed by atoms with E-state index in [2.05, 4.69) is 21.8 Å². The molecule has 0 saturated heterocycles. The average Bonchev–Trinajstić information content (AvgIpc) is 2.87. The van der Waals surface area contributed by atoms with Crippen molar-refractivity contribution in [2.24, 2.45) is 0 Å². The quantitative estimate of drug-likeness (QED) is 0.310. The number of aromatic nitrogens is 2. The molecule has 8 heteroatoms. The summed E-state index contributed by atoms with van der Waals surface area (Å²) in [6.07, 6.45) is -0.995. The molecule has 0 spiro atoms. The van der Waals surface area contributed by atoms with Gasteiger partial charge in [-0.3, -0.25) is 4.79 Å². The average molecular weight is 495 g/mol. The van der Waals surface area contributed by atoms with Gasteiger partial charge < -0.3 is 29.0 Å². The molecule has 1 atom stereocenters. The van der Waals surface area contributed by atoms with Crippen molar-refractivity contribution in [3.8, 4) is 11.8 Å². The van der Waals surface area contributed by atoms with Crippen molar-refractivity contribution in [1.82, 2.24) is 9.97 Å². The third kappa shape index (κ3) is 5.84. The molecule has 0 radical (unpaired) electrons. The van der Waals surface area contributed by atoms with Gasteiger partial charge in [-0.25, -0.2) is 4.98 Å². The summed E-state index contributed by atoms with van der Waals surface area (Å²) >= 11 is 0. The lowest BCUT2D eigenvalue weighted by Gasteiger charge is -2.35. The molecule has 2 aromatic carbocycles. The fourth-order valence-corrected chi connectivity index (χ4v) is 3.82. The van der Waals surface area contributed by atoms with E-state index in [1.165, 1.54) is 0 Å². The van der Waals surface area contributed by atoms with Crippen molar-refractivity contribution >= 4 is 11.0 Å². The Kier molecular flexibility index (Phi) is 9.37. The van der Waals surface area contributed by atoms with E-state index in [-0.39, 0.29) is 18.9 Å². The summed E-state index contributed by atoms with van der Waals surface area (Å²) in [4.78, 5) is 20.5. The lowest BCUT2D eigenvalue weighted by molar-refractivity contribution is -0.321. The van der Waals surface area contributed by atoms with E-state index >= 15 is 0 Å². The van der Waals surface area contributed by atoms with E-state index in [4.69, 9.17) is 18.9 Å². The first-order chi connectivity index (χ1) is 17.3. The van der Waals surface area contributed by atoms with E-state index in [0.29, 0.717) is 29.8 Å². The zero-order valence-electron chi connectivity index (χ0n) is 21.5. The van der Waals surface area contributed by atoms with Gasteiger partial charge in [0.1, 0.15) is 0 Å². The number of aryl methyl sites for hydroxylation is 1. The van der Waals surface area contributed by atoms with Crippen LogP contribution >= 0.6 is 0 Å². The van der Waals surface area contributed by atoms with Gasteiger partial charge >= 0.3 is 0 Å². The summed E-state index contributed by atoms with van der Waals surface area (Å²) < 4.78 is 23.5. The van der Waals surface area contributed by atoms with Crippen LogP contribution in [0.2, 0.25) is 0 Å². The fraction of sp³-hybridized carbons (Fsp3) is 0.429. The molecule has 0 fully saturated rings. The summed E-state index contributed by atoms with van der Waals surface area (Å²) in [7, 11) is 0. The molecule has 0 bridgehead atoms. The Bertz CT molecular complexity index is 1250. The Morgan fingerprint density at radius 1 is 0.917 bits per heavy atom. The zero-order valence-corrected chi connectivity index (χ0v) is 21.5. The molecule has 3 rings (SSSR count). The number of fused-ring (bicyclic) bond motifs is 1. The Balaban J connectivity index is 2.29. The van der Waals surface area contributed by atoms with Gasteiger partial charge in [-0.2, -0.15) is 0 Å². The second kappa shape index (κ2) is 12.3. The van der Waals surface area contributed by atoms with Gasteiger partial charge in [0.25, 0.3) is 11.3 Å². The Labute approximate surface area is 211 Å². The second-order valence-corrected chi connectivity index (χ2v) is 8.03. The standard InChI is InChI=1S/C28H34N2O6/c1-6-33-26(34-7-2)28(35-8-3,36-9-4)19-18-27(32,21-16-14-20(5)15-17-21)24-25(31)30-23-13-11-10-12-22(23)29-24/h10-17,26,32H,6-9H2,1-5H3,(H,30,31). The van der Waals surface area contributed by atoms with Crippen molar-refractivity contribution < 1.29 is 24.1 Å². The number of para-hydroxylation sites is 2. The molecule has 3 aromatic rings. The number of benzene rings is 2. The normalized spacial score (nSPS) is 13.4. The molecular weight excluding hydrogens is 460 g/mol. The number of H-pyrrole nitrogens is 1. The molecule has 0 amide bonds. The molecule has 1 aromatic heterocycles. The van der Waals surface area contributed by atoms with Crippen LogP contribution in [0.4, 0.5) is 0 Å². The summed E-state index contributed by atoms with van der Waals surface area (Å²) in [6, 6.07) is 14.2. The van der Waals surface area contributed by atoms with Crippen LogP contribution in [0, 0.1) is 18.8 Å². The Hall–Kier alpha value is -3.06. The van der Waals surface area contributed by atoms with E-state index < -0.39 is 23.2 Å². The first-order valence-electron chi connectivity index (χ1n) is 12.2. The highest BCUT2D eigenvalue weighted by atomic mass is 16.8. The molecule has 2 N–H and O–H groups in total. The summed E-state index contributed by atoms with van der Waals surface area (Å²) in [6.45, 7) is 10.3. The van der Waals surface area contributed by atoms with Crippen molar-refractivity contribution in [2.75, 3.05) is 26.4 Å². The predicted molar refractivity (Wildman–Crippen MR) is 137 cm³/mol. The van der Waals surface area contributed by atoms with Gasteiger partial charge in [0.15, 0.2) is 11.3 Å². The molecule has 1 unspecified atom stereocenters. The summed E-state index contributed by atoms with van der Waals surface area (Å²) in [5.74, 6) is 4.16. The first-order valence-corrected chi connectivity index (χ1v) is 12.2. The number of ether oxygens (including phenoxy) is 4. The molecule has 1 heterocycles. The van der Waals surface area contributed by atoms with E-state index in [0.717, 1.165) is 5.56 Å². The van der Waals surface area contributed by atoms with Crippen LogP contribution in [0.25, 0.3) is 11.0 Å². The van der Waals surface area contributed by atoms with Crippen molar-refractivity contribution in [2.45, 2.75) is 52.3 Å². The molecule has 8 nitrogen and oxygen atoms in total. The Morgan fingerprint density at radius 2 is 1.53 bits per heavy atom. The molecule has 192 valence electrons. The maximum atomic E-state index is 13.2. The number of nitrogens with one attached hydrogen (secondary N) is 1. The maximum Gasteiger partial charge on any atom is 0.287 e. The topological polar surface area (TPSA) is 103 Å². The lowest BCUT2D eigenvalue weighted by atomic mass is 9.89. The molecule has 0 saturated carbocycles. The molecule has 0 aliphatic carbocycles. The van der Waals surface area contributed by atoms with Crippen LogP contribution in [0.3, 0.4) is 0 Å². The number of hydrogen-bond donors (Lipinski definition) is 2. The molecule has 0 aliphatic heterocycles. The van der Waals surface area contributed by atoms with Gasteiger partial charge in [0, 0.05) is 32.0 Å². The Morgan fingerprint density at radius 3 is 2.11 bits per heavy atom. The van der Waals surface area contributed by atoms with Crippen molar-refractivity contribution in [1.29, 1.82) is 0 Å². The van der Waals surface area contributed by atoms with Crippen LogP contribution in [-0.2, 0) is 24.5 Å². The first kappa shape index (κ1) is 27.5. The van der Waals surface area contributed by atoms with Crippen LogP contribution in [0.15, 0.2) is 53.3 Å². The fourth-order valence-electron chi connectivity index (χ4n) is 3.82. The highest BCUT2D eigenvalue weighted by Gasteiger charge is 2.43. The summed E-state index contributed by atoms with van der Waals surface area (Å²) in [5.41, 5.74) is -0.383. The molecule has 0 aliphatic rings. The highest BCUT2D eigenvalue weighted by Crippen LogP contribution is 2.29. The number of nitrogens with zero attached hydrogens (tertiary/aromatic N) is 1. The van der Waals surface area contributed by atoms with Gasteiger partial charge in [-0.15, -0.1) is 0 Å². The zero-order chi connectivity index (χ0) is 26.2. The largest absolute Gasteiger partial charge is 0.368 e. The summed E-state index contributed by atoms with van der Waals surface area (Å²) in [5, 5.41) is 12.1. The number of aromatic amines is 1. The molecular formula is C28H34N2O6. The number of aliphatic hydroxyl groups is 1. The van der Waals surface area contributed by atoms with Crippen LogP contribution in [-0.4, -0.2) is 53.6 Å². The minimum atomic E-state index is -2.09. The monoisotopic (exact) mass is 494 g/mol. The lowest BCUT2D eigenvalue weighted by Crippen LogP contribution is -2.50. The molecule has 36 heavy (non-hydrogen) atoms. The van der Waals surface area contributed by atoms with Gasteiger partial charge in [0.05, 0.1) is 11.0 Å². The van der Waals surface area contributed by atoms with Crippen LogP contribution < -0.4 is 5.56 Å². The van der Waals surface area contributed by atoms with Crippen molar-refractivity contribution in [3.05, 3.63) is 75.7 Å². The number of hydrogen-bond acceptors (Lipinski definition) is 7. The predicted octanol–water partition coefficient (Wildman–Crippen LogP) is 3.64. The SMILES string of the molecule is CCOC(OCC)C(C#CC(O)(c1ccc(C)cc1)c1nc2ccccc2[nH]c1=O)(OCC)OCC. The maximum absolute atomic E-state index is 13.2. The minimum absolute atomic E-state index is 0.163. The van der Waals surface area contributed by atoms with E-state index in [9.17, 15) is 9.90 Å². The second-order valence-electron chi connectivity index (χ2n) is 8.03. The van der Waals surface area contributed by atoms with E-state index in [1.54, 1.807) is 50.2 Å². The van der Waals surface area contributed by atoms with Crippen LogP contribution in [0.1, 0.15) is 44.5 Å². The van der Waals surface area contributed by atoms with Crippen LogP contribution in [0.5, 0.6) is 0 Å². The van der Waals surface area contributed by atoms with Gasteiger partial charge in [-0.1, -0.05) is 47.9 Å². The highest BCUT2D eigenvalue weighted by molar-refractivity contribution is 5.74. The third-order valence-electron chi connectivity index (χ3n) is 5.49. The minimum Gasteiger partial charge on any atom is -0.368 e.